The molecular formula is C23H22FN5O2. The van der Waals surface area contributed by atoms with E-state index in [1.807, 2.05) is 29.1 Å². The van der Waals surface area contributed by atoms with Crippen molar-refractivity contribution in [1.29, 1.82) is 0 Å². The maximum atomic E-state index is 14.8. The maximum absolute atomic E-state index is 14.8. The summed E-state index contributed by atoms with van der Waals surface area (Å²) in [5, 5.41) is 11.6. The van der Waals surface area contributed by atoms with Crippen molar-refractivity contribution in [2.75, 3.05) is 18.5 Å². The molecule has 1 N–H and O–H groups in total. The molecule has 1 aliphatic heterocycles. The summed E-state index contributed by atoms with van der Waals surface area (Å²) in [6.45, 7) is 3.18. The molecule has 158 valence electrons. The summed E-state index contributed by atoms with van der Waals surface area (Å²) in [7, 11) is 0. The fourth-order valence-electron chi connectivity index (χ4n) is 3.95. The molecule has 0 atom stereocenters. The number of hydrogen-bond acceptors (Lipinski definition) is 4. The molecule has 1 aromatic carbocycles. The summed E-state index contributed by atoms with van der Waals surface area (Å²) < 4.78 is 23.7. The van der Waals surface area contributed by atoms with Crippen LogP contribution in [0.2, 0.25) is 0 Å². The van der Waals surface area contributed by atoms with Crippen LogP contribution in [-0.2, 0) is 4.74 Å². The van der Waals surface area contributed by atoms with Crippen LogP contribution in [0.3, 0.4) is 0 Å². The van der Waals surface area contributed by atoms with E-state index in [1.165, 1.54) is 12.3 Å². The Balaban J connectivity index is 1.44. The van der Waals surface area contributed by atoms with Crippen molar-refractivity contribution in [2.45, 2.75) is 25.8 Å². The molecule has 0 spiro atoms. The molecule has 3 aromatic heterocycles. The fraction of sp³-hybridized carbons (Fsp3) is 0.261. The smallest absolute Gasteiger partial charge is 0.259 e. The molecule has 1 saturated heterocycles. The Labute approximate surface area is 178 Å². The topological polar surface area (TPSA) is 73.4 Å². The van der Waals surface area contributed by atoms with Crippen molar-refractivity contribution >= 4 is 17.1 Å². The first kappa shape index (κ1) is 19.4. The van der Waals surface area contributed by atoms with Crippen LogP contribution in [0.25, 0.3) is 16.6 Å². The lowest BCUT2D eigenvalue weighted by Gasteiger charge is -2.22. The second kappa shape index (κ2) is 7.96. The molecule has 5 rings (SSSR count). The lowest BCUT2D eigenvalue weighted by atomic mass is 10.0. The Morgan fingerprint density at radius 3 is 2.87 bits per heavy atom. The highest BCUT2D eigenvalue weighted by Gasteiger charge is 2.19. The number of fused-ring (bicyclic) bond motifs is 1. The van der Waals surface area contributed by atoms with E-state index >= 15 is 0 Å². The van der Waals surface area contributed by atoms with Gasteiger partial charge in [-0.1, -0.05) is 6.07 Å². The first-order valence-electron chi connectivity index (χ1n) is 10.3. The number of nitrogens with one attached hydrogen (secondary N) is 1. The highest BCUT2D eigenvalue weighted by molar-refractivity contribution is 6.09. The van der Waals surface area contributed by atoms with E-state index in [1.54, 1.807) is 29.9 Å². The molecule has 1 amide bonds. The third kappa shape index (κ3) is 3.70. The van der Waals surface area contributed by atoms with Crippen molar-refractivity contribution in [2.24, 2.45) is 0 Å². The zero-order chi connectivity index (χ0) is 21.4. The minimum absolute atomic E-state index is 0.255. The van der Waals surface area contributed by atoms with Crippen LogP contribution >= 0.6 is 0 Å². The lowest BCUT2D eigenvalue weighted by molar-refractivity contribution is 0.0662. The van der Waals surface area contributed by atoms with E-state index in [9.17, 15) is 9.18 Å². The van der Waals surface area contributed by atoms with Crippen LogP contribution < -0.4 is 5.32 Å². The molecule has 0 saturated carbocycles. The van der Waals surface area contributed by atoms with Gasteiger partial charge in [0.2, 0.25) is 0 Å². The van der Waals surface area contributed by atoms with Gasteiger partial charge in [-0.3, -0.25) is 9.48 Å². The third-order valence-corrected chi connectivity index (χ3v) is 5.71. The van der Waals surface area contributed by atoms with E-state index < -0.39 is 0 Å². The summed E-state index contributed by atoms with van der Waals surface area (Å²) in [5.74, 6) is -0.641. The van der Waals surface area contributed by atoms with Gasteiger partial charge in [0.15, 0.2) is 0 Å². The van der Waals surface area contributed by atoms with Crippen LogP contribution in [-0.4, -0.2) is 38.5 Å². The Kier molecular flexibility index (Phi) is 4.99. The van der Waals surface area contributed by atoms with Gasteiger partial charge in [0.25, 0.3) is 5.91 Å². The van der Waals surface area contributed by atoms with Gasteiger partial charge in [-0.2, -0.15) is 10.2 Å². The maximum Gasteiger partial charge on any atom is 0.259 e. The van der Waals surface area contributed by atoms with Crippen LogP contribution in [0.4, 0.5) is 10.1 Å². The van der Waals surface area contributed by atoms with E-state index in [-0.39, 0.29) is 17.8 Å². The van der Waals surface area contributed by atoms with Crippen LogP contribution in [0.5, 0.6) is 0 Å². The van der Waals surface area contributed by atoms with Crippen molar-refractivity contribution in [3.8, 4) is 11.1 Å². The summed E-state index contributed by atoms with van der Waals surface area (Å²) in [6, 6.07) is 8.89. The highest BCUT2D eigenvalue weighted by atomic mass is 19.1. The minimum Gasteiger partial charge on any atom is -0.381 e. The highest BCUT2D eigenvalue weighted by Crippen LogP contribution is 2.30. The van der Waals surface area contributed by atoms with Gasteiger partial charge in [0, 0.05) is 42.4 Å². The monoisotopic (exact) mass is 419 g/mol. The zero-order valence-corrected chi connectivity index (χ0v) is 17.1. The van der Waals surface area contributed by atoms with E-state index in [2.05, 4.69) is 15.5 Å². The fourth-order valence-corrected chi connectivity index (χ4v) is 3.95. The van der Waals surface area contributed by atoms with Crippen molar-refractivity contribution in [3.63, 3.8) is 0 Å². The van der Waals surface area contributed by atoms with Gasteiger partial charge in [0.05, 0.1) is 29.5 Å². The second-order valence-electron chi connectivity index (χ2n) is 7.74. The number of rotatable bonds is 4. The predicted octanol–water partition coefficient (Wildman–Crippen LogP) is 4.25. The zero-order valence-electron chi connectivity index (χ0n) is 17.1. The summed E-state index contributed by atoms with van der Waals surface area (Å²) in [4.78, 5) is 12.9. The number of amides is 1. The molecule has 1 aliphatic rings. The van der Waals surface area contributed by atoms with E-state index in [4.69, 9.17) is 4.74 Å². The molecule has 31 heavy (non-hydrogen) atoms. The summed E-state index contributed by atoms with van der Waals surface area (Å²) in [5.41, 5.74) is 3.43. The van der Waals surface area contributed by atoms with Crippen LogP contribution in [0.15, 0.2) is 55.1 Å². The average molecular weight is 419 g/mol. The minimum atomic E-state index is -0.349. The van der Waals surface area contributed by atoms with Gasteiger partial charge < -0.3 is 10.1 Å². The van der Waals surface area contributed by atoms with Gasteiger partial charge >= 0.3 is 0 Å². The van der Waals surface area contributed by atoms with Gasteiger partial charge in [-0.05, 0) is 49.6 Å². The van der Waals surface area contributed by atoms with E-state index in [0.717, 1.165) is 12.8 Å². The number of carbonyl (C=O) groups is 1. The van der Waals surface area contributed by atoms with Crippen molar-refractivity contribution in [3.05, 3.63) is 72.1 Å². The normalized spacial score (nSPS) is 14.8. The molecule has 4 aromatic rings. The number of aryl methyl sites for hydroxylation is 1. The van der Waals surface area contributed by atoms with Crippen LogP contribution in [0, 0.1) is 12.7 Å². The molecule has 8 heteroatoms. The molecule has 4 heterocycles. The summed E-state index contributed by atoms with van der Waals surface area (Å²) >= 11 is 0. The number of pyridine rings is 1. The van der Waals surface area contributed by atoms with E-state index in [0.29, 0.717) is 46.7 Å². The predicted molar refractivity (Wildman–Crippen MR) is 115 cm³/mol. The molecule has 7 nitrogen and oxygen atoms in total. The van der Waals surface area contributed by atoms with Crippen molar-refractivity contribution in [1.82, 2.24) is 19.4 Å². The molecule has 1 fully saturated rings. The first-order chi connectivity index (χ1) is 15.1. The first-order valence-corrected chi connectivity index (χ1v) is 10.3. The number of ether oxygens (including phenoxy) is 1. The Morgan fingerprint density at radius 2 is 2.03 bits per heavy atom. The van der Waals surface area contributed by atoms with Gasteiger partial charge in [0.1, 0.15) is 5.82 Å². The third-order valence-electron chi connectivity index (χ3n) is 5.71. The number of nitrogens with zero attached hydrogens (tertiary/aromatic N) is 4. The SMILES string of the molecule is Cc1cc(F)c(-c2cnn(C3CCOCC3)c2)cc1NC(=O)c1cnn2ccccc12. The largest absolute Gasteiger partial charge is 0.381 e. The molecule has 0 aliphatic carbocycles. The Hall–Kier alpha value is -3.52. The quantitative estimate of drug-likeness (QED) is 0.537. The Morgan fingerprint density at radius 1 is 1.19 bits per heavy atom. The number of aromatic nitrogens is 4. The number of carbonyl (C=O) groups excluding carboxylic acids is 1. The van der Waals surface area contributed by atoms with Crippen LogP contribution in [0.1, 0.15) is 34.8 Å². The average Bonchev–Trinajstić information content (AvgIpc) is 3.44. The molecule has 0 radical (unpaired) electrons. The molecule has 0 bridgehead atoms. The molecule has 0 unspecified atom stereocenters. The van der Waals surface area contributed by atoms with Gasteiger partial charge in [-0.25, -0.2) is 8.91 Å². The molecular weight excluding hydrogens is 397 g/mol. The second-order valence-corrected chi connectivity index (χ2v) is 7.74. The Bertz CT molecular complexity index is 1260. The van der Waals surface area contributed by atoms with Crippen molar-refractivity contribution < 1.29 is 13.9 Å². The number of halogens is 1. The number of hydrogen-bond donors (Lipinski definition) is 1. The summed E-state index contributed by atoms with van der Waals surface area (Å²) in [6.07, 6.45) is 8.61. The van der Waals surface area contributed by atoms with Gasteiger partial charge in [-0.15, -0.1) is 0 Å². The lowest BCUT2D eigenvalue weighted by Crippen LogP contribution is -2.19. The number of benzene rings is 1. The number of anilines is 1. The standard InChI is InChI=1S/C23H22FN5O2/c1-15-10-20(24)18(16-12-25-29(14-16)17-5-8-31-9-6-17)11-21(15)27-23(30)19-13-26-28-7-3-2-4-22(19)28/h2-4,7,10-14,17H,5-6,8-9H2,1H3,(H,27,30).